The number of amides is 1. The number of piperidine rings is 1. The van der Waals surface area contributed by atoms with Crippen molar-refractivity contribution in [2.75, 3.05) is 18.5 Å². The number of hydrogen-bond donors (Lipinski definition) is 3. The number of H-pyrrole nitrogens is 1. The van der Waals surface area contributed by atoms with Gasteiger partial charge in [0.15, 0.2) is 11.5 Å². The smallest absolute Gasteiger partial charge is 0.290 e. The molecule has 1 amide bonds. The zero-order chi connectivity index (χ0) is 17.1. The average Bonchev–Trinajstić information content (AvgIpc) is 3.20. The van der Waals surface area contributed by atoms with Crippen molar-refractivity contribution >= 4 is 29.4 Å². The lowest BCUT2D eigenvalue weighted by atomic mass is 9.89. The lowest BCUT2D eigenvalue weighted by Gasteiger charge is -2.25. The van der Waals surface area contributed by atoms with E-state index in [4.69, 9.17) is 9.90 Å². The van der Waals surface area contributed by atoms with Crippen LogP contribution < -0.4 is 10.2 Å². The highest BCUT2D eigenvalue weighted by Gasteiger charge is 2.40. The second kappa shape index (κ2) is 6.81. The summed E-state index contributed by atoms with van der Waals surface area (Å²) in [4.78, 5) is 38.0. The van der Waals surface area contributed by atoms with Crippen LogP contribution in [0.2, 0.25) is 0 Å². The number of nitrogens with zero attached hydrogens (tertiary/aromatic N) is 4. The van der Waals surface area contributed by atoms with Gasteiger partial charge in [0, 0.05) is 26.1 Å². The summed E-state index contributed by atoms with van der Waals surface area (Å²) < 4.78 is 0. The Bertz CT molecular complexity index is 733. The number of aromatic amines is 1. The number of anilines is 1. The summed E-state index contributed by atoms with van der Waals surface area (Å²) in [6, 6.07) is 0.411. The molecular weight excluding hydrogens is 312 g/mol. The number of aromatic nitrogens is 4. The second-order valence-electron chi connectivity index (χ2n) is 6.17. The molecule has 1 aliphatic carbocycles. The standard InChI is InChI=1S/C14H18N6O.CH2O2/c1-20(14-12-13(17-6-16-12)18-7-19-14)10-2-8-4-11(21)15-5-9(8)3-10;2-1-3/h6-10H,2-5H2,1H3,(H,15,21)(H,16,17,18,19);1H,(H,2,3)/t8-,9+,10-;/m0./s1. The van der Waals surface area contributed by atoms with Crippen LogP contribution in [0.5, 0.6) is 0 Å². The molecule has 1 aliphatic heterocycles. The van der Waals surface area contributed by atoms with Crippen molar-refractivity contribution < 1.29 is 14.7 Å². The van der Waals surface area contributed by atoms with E-state index in [0.29, 0.717) is 29.9 Å². The quantitative estimate of drug-likeness (QED) is 0.680. The molecule has 9 nitrogen and oxygen atoms in total. The van der Waals surface area contributed by atoms with E-state index in [1.54, 1.807) is 12.7 Å². The molecule has 4 rings (SSSR count). The number of carbonyl (C=O) groups excluding carboxylic acids is 1. The maximum absolute atomic E-state index is 11.5. The molecular formula is C15H20N6O3. The van der Waals surface area contributed by atoms with Crippen molar-refractivity contribution in [3.63, 3.8) is 0 Å². The Labute approximate surface area is 138 Å². The normalized spacial score (nSPS) is 25.4. The van der Waals surface area contributed by atoms with E-state index in [-0.39, 0.29) is 12.4 Å². The van der Waals surface area contributed by atoms with E-state index in [1.165, 1.54) is 0 Å². The molecule has 1 saturated carbocycles. The maximum Gasteiger partial charge on any atom is 0.290 e. The van der Waals surface area contributed by atoms with E-state index in [1.807, 2.05) is 0 Å². The zero-order valence-corrected chi connectivity index (χ0v) is 13.3. The Hall–Kier alpha value is -2.71. The van der Waals surface area contributed by atoms with Gasteiger partial charge in [-0.3, -0.25) is 9.59 Å². The molecule has 0 unspecified atom stereocenters. The topological polar surface area (TPSA) is 124 Å². The second-order valence-corrected chi connectivity index (χ2v) is 6.17. The van der Waals surface area contributed by atoms with Crippen LogP contribution >= 0.6 is 0 Å². The van der Waals surface area contributed by atoms with Crippen LogP contribution in [0.15, 0.2) is 12.7 Å². The largest absolute Gasteiger partial charge is 0.483 e. The number of rotatable bonds is 2. The van der Waals surface area contributed by atoms with Gasteiger partial charge < -0.3 is 20.3 Å². The molecule has 2 fully saturated rings. The molecule has 3 atom stereocenters. The van der Waals surface area contributed by atoms with Crippen molar-refractivity contribution in [2.24, 2.45) is 11.8 Å². The highest BCUT2D eigenvalue weighted by molar-refractivity contribution is 5.82. The minimum atomic E-state index is -0.250. The average molecular weight is 332 g/mol. The van der Waals surface area contributed by atoms with Gasteiger partial charge in [0.05, 0.1) is 6.33 Å². The molecule has 2 aliphatic rings. The summed E-state index contributed by atoms with van der Waals surface area (Å²) in [7, 11) is 2.07. The molecule has 0 radical (unpaired) electrons. The SMILES string of the molecule is CN(c1ncnc2nc[nH]c12)[C@H]1C[C@H]2CC(=O)NC[C@H]2C1.O=CO. The highest BCUT2D eigenvalue weighted by Crippen LogP contribution is 2.39. The van der Waals surface area contributed by atoms with Crippen molar-refractivity contribution in [1.82, 2.24) is 25.3 Å². The predicted octanol–water partition coefficient (Wildman–Crippen LogP) is 0.405. The van der Waals surface area contributed by atoms with Crippen molar-refractivity contribution in [3.8, 4) is 0 Å². The number of nitrogens with one attached hydrogen (secondary N) is 2. The Morgan fingerprint density at radius 1 is 1.29 bits per heavy atom. The first kappa shape index (κ1) is 16.2. The fourth-order valence-corrected chi connectivity index (χ4v) is 3.74. The summed E-state index contributed by atoms with van der Waals surface area (Å²) >= 11 is 0. The highest BCUT2D eigenvalue weighted by atomic mass is 16.3. The number of hydrogen-bond acceptors (Lipinski definition) is 6. The zero-order valence-electron chi connectivity index (χ0n) is 13.3. The summed E-state index contributed by atoms with van der Waals surface area (Å²) in [6.07, 6.45) is 6.02. The van der Waals surface area contributed by atoms with E-state index in [2.05, 4.69) is 37.2 Å². The van der Waals surface area contributed by atoms with Crippen molar-refractivity contribution in [3.05, 3.63) is 12.7 Å². The molecule has 24 heavy (non-hydrogen) atoms. The number of imidazole rings is 1. The number of fused-ring (bicyclic) bond motifs is 2. The molecule has 9 heteroatoms. The maximum atomic E-state index is 11.5. The Morgan fingerprint density at radius 3 is 2.83 bits per heavy atom. The Kier molecular flexibility index (Phi) is 4.59. The molecule has 3 heterocycles. The van der Waals surface area contributed by atoms with Gasteiger partial charge in [-0.2, -0.15) is 0 Å². The predicted molar refractivity (Wildman–Crippen MR) is 86.4 cm³/mol. The van der Waals surface area contributed by atoms with E-state index < -0.39 is 0 Å². The van der Waals surface area contributed by atoms with Crippen LogP contribution in [-0.2, 0) is 9.59 Å². The van der Waals surface area contributed by atoms with E-state index >= 15 is 0 Å². The van der Waals surface area contributed by atoms with Crippen molar-refractivity contribution in [2.45, 2.75) is 25.3 Å². The molecule has 0 spiro atoms. The van der Waals surface area contributed by atoms with Crippen LogP contribution in [0.3, 0.4) is 0 Å². The summed E-state index contributed by atoms with van der Waals surface area (Å²) in [6.45, 7) is 0.567. The molecule has 2 aromatic heterocycles. The fourth-order valence-electron chi connectivity index (χ4n) is 3.74. The summed E-state index contributed by atoms with van der Waals surface area (Å²) in [5.74, 6) is 2.18. The van der Waals surface area contributed by atoms with Gasteiger partial charge in [-0.05, 0) is 24.7 Å². The molecule has 1 saturated heterocycles. The van der Waals surface area contributed by atoms with Crippen LogP contribution in [0, 0.1) is 11.8 Å². The first-order valence-corrected chi connectivity index (χ1v) is 7.85. The van der Waals surface area contributed by atoms with Gasteiger partial charge in [0.2, 0.25) is 5.91 Å². The monoisotopic (exact) mass is 332 g/mol. The summed E-state index contributed by atoms with van der Waals surface area (Å²) in [5.41, 5.74) is 1.57. The lowest BCUT2D eigenvalue weighted by Crippen LogP contribution is -2.38. The van der Waals surface area contributed by atoms with Crippen LogP contribution in [0.25, 0.3) is 11.2 Å². The van der Waals surface area contributed by atoms with Crippen molar-refractivity contribution in [1.29, 1.82) is 0 Å². The van der Waals surface area contributed by atoms with Gasteiger partial charge in [-0.15, -0.1) is 0 Å². The third kappa shape index (κ3) is 3.01. The first-order valence-electron chi connectivity index (χ1n) is 7.85. The Balaban J connectivity index is 0.000000526. The lowest BCUT2D eigenvalue weighted by molar-refractivity contribution is -0.124. The van der Waals surface area contributed by atoms with Crippen LogP contribution in [0.1, 0.15) is 19.3 Å². The van der Waals surface area contributed by atoms with E-state index in [0.717, 1.165) is 30.7 Å². The first-order chi connectivity index (χ1) is 11.6. The van der Waals surface area contributed by atoms with Crippen LogP contribution in [0.4, 0.5) is 5.82 Å². The molecule has 128 valence electrons. The van der Waals surface area contributed by atoms with Gasteiger partial charge in [0.25, 0.3) is 6.47 Å². The van der Waals surface area contributed by atoms with Gasteiger partial charge in [0.1, 0.15) is 11.8 Å². The minimum absolute atomic E-state index is 0.192. The number of carbonyl (C=O) groups is 2. The van der Waals surface area contributed by atoms with Crippen LogP contribution in [-0.4, -0.2) is 57.1 Å². The van der Waals surface area contributed by atoms with Gasteiger partial charge >= 0.3 is 0 Å². The van der Waals surface area contributed by atoms with Gasteiger partial charge in [-0.1, -0.05) is 0 Å². The molecule has 2 aromatic rings. The third-order valence-electron chi connectivity index (χ3n) is 4.91. The molecule has 0 aromatic carbocycles. The van der Waals surface area contributed by atoms with E-state index in [9.17, 15) is 4.79 Å². The Morgan fingerprint density at radius 2 is 2.04 bits per heavy atom. The minimum Gasteiger partial charge on any atom is -0.483 e. The third-order valence-corrected chi connectivity index (χ3v) is 4.91. The fraction of sp³-hybridized carbons (Fsp3) is 0.533. The van der Waals surface area contributed by atoms with Gasteiger partial charge in [-0.25, -0.2) is 15.0 Å². The summed E-state index contributed by atoms with van der Waals surface area (Å²) in [5, 5.41) is 9.87. The molecule has 0 bridgehead atoms. The molecule has 3 N–H and O–H groups in total. The number of carboxylic acid groups (broad SMARTS) is 1.